The van der Waals surface area contributed by atoms with E-state index in [2.05, 4.69) is 20.9 Å². The van der Waals surface area contributed by atoms with Crippen LogP contribution in [0.5, 0.6) is 5.88 Å². The molecule has 0 saturated heterocycles. The highest BCUT2D eigenvalue weighted by Gasteiger charge is 2.25. The van der Waals surface area contributed by atoms with Crippen LogP contribution in [-0.2, 0) is 4.79 Å². The summed E-state index contributed by atoms with van der Waals surface area (Å²) < 4.78 is 2.74. The molecule has 3 aromatic rings. The van der Waals surface area contributed by atoms with Gasteiger partial charge in [0.25, 0.3) is 5.91 Å². The zero-order valence-electron chi connectivity index (χ0n) is 12.4. The second-order valence-corrected chi connectivity index (χ2v) is 8.29. The molecule has 8 heteroatoms. The maximum atomic E-state index is 12.4. The molecule has 1 N–H and O–H groups in total. The number of nitrogens with zero attached hydrogens (tertiary/aromatic N) is 2. The third kappa shape index (κ3) is 2.77. The molecule has 0 bridgehead atoms. The van der Waals surface area contributed by atoms with Gasteiger partial charge in [0.1, 0.15) is 4.88 Å². The summed E-state index contributed by atoms with van der Waals surface area (Å²) in [5, 5.41) is 12.5. The molecule has 0 radical (unpaired) electrons. The van der Waals surface area contributed by atoms with Crippen molar-refractivity contribution >= 4 is 62.6 Å². The molecule has 1 aromatic heterocycles. The van der Waals surface area contributed by atoms with Crippen molar-refractivity contribution in [2.75, 3.05) is 0 Å². The fraction of sp³-hybridized carbons (Fsp3) is 0. The third-order valence-corrected chi connectivity index (χ3v) is 5.85. The summed E-state index contributed by atoms with van der Waals surface area (Å²) in [6.45, 7) is 0. The lowest BCUT2D eigenvalue weighted by atomic mass is 10.1. The molecular weight excluding hydrogens is 444 g/mol. The summed E-state index contributed by atoms with van der Waals surface area (Å²) in [7, 11) is 0. The number of hydrogen-bond donors (Lipinski definition) is 1. The summed E-state index contributed by atoms with van der Waals surface area (Å²) in [4.78, 5) is 16.9. The molecule has 1 aliphatic heterocycles. The number of aromatic nitrogens is 1. The smallest absolute Gasteiger partial charge is 0.279 e. The molecule has 0 spiro atoms. The first-order chi connectivity index (χ1) is 12.0. The van der Waals surface area contributed by atoms with Gasteiger partial charge in [0.05, 0.1) is 16.6 Å². The topological polar surface area (TPSA) is 54.6 Å². The number of amides is 1. The lowest BCUT2D eigenvalue weighted by molar-refractivity contribution is -0.112. The number of rotatable bonds is 2. The summed E-state index contributed by atoms with van der Waals surface area (Å²) in [6, 6.07) is 12.4. The van der Waals surface area contributed by atoms with E-state index in [-0.39, 0.29) is 5.88 Å². The van der Waals surface area contributed by atoms with Gasteiger partial charge in [-0.15, -0.1) is 11.3 Å². The van der Waals surface area contributed by atoms with Crippen molar-refractivity contribution in [3.63, 3.8) is 0 Å². The van der Waals surface area contributed by atoms with E-state index < -0.39 is 5.91 Å². The van der Waals surface area contributed by atoms with E-state index in [1.165, 1.54) is 4.57 Å². The van der Waals surface area contributed by atoms with E-state index >= 15 is 0 Å². The number of fused-ring (bicyclic) bond motifs is 1. The number of aromatic hydroxyl groups is 1. The summed E-state index contributed by atoms with van der Waals surface area (Å²) >= 11 is 16.0. The molecule has 0 unspecified atom stereocenters. The molecule has 25 heavy (non-hydrogen) atoms. The summed E-state index contributed by atoms with van der Waals surface area (Å²) in [5.74, 6) is -0.485. The van der Waals surface area contributed by atoms with E-state index in [1.807, 2.05) is 12.1 Å². The standard InChI is InChI=1S/C17H8BrClN2O2S2/c18-8-4-5-12-11(6-8)13(15(22)20-12)14-16(23)21(17(24)25-14)10-3-1-2-9(19)7-10/h1-7,23H. The number of benzene rings is 2. The van der Waals surface area contributed by atoms with Crippen LogP contribution in [0.25, 0.3) is 11.3 Å². The fourth-order valence-corrected chi connectivity index (χ4v) is 4.61. The molecule has 0 saturated carbocycles. The van der Waals surface area contributed by atoms with Gasteiger partial charge in [-0.05, 0) is 48.6 Å². The van der Waals surface area contributed by atoms with Crippen molar-refractivity contribution in [2.45, 2.75) is 0 Å². The van der Waals surface area contributed by atoms with Gasteiger partial charge >= 0.3 is 0 Å². The molecule has 0 aliphatic carbocycles. The zero-order valence-corrected chi connectivity index (χ0v) is 16.3. The summed E-state index contributed by atoms with van der Waals surface area (Å²) in [6.07, 6.45) is 0. The quantitative estimate of drug-likeness (QED) is 0.604. The Morgan fingerprint density at radius 2 is 2.04 bits per heavy atom. The number of halogens is 2. The lowest BCUT2D eigenvalue weighted by Gasteiger charge is -2.05. The number of thiazole rings is 1. The van der Waals surface area contributed by atoms with Crippen molar-refractivity contribution < 1.29 is 9.90 Å². The van der Waals surface area contributed by atoms with E-state index in [4.69, 9.17) is 23.8 Å². The summed E-state index contributed by atoms with van der Waals surface area (Å²) in [5.41, 5.74) is 0.987. The largest absolute Gasteiger partial charge is 0.493 e. The maximum absolute atomic E-state index is 12.4. The van der Waals surface area contributed by atoms with Crippen molar-refractivity contribution in [2.24, 2.45) is 4.99 Å². The Labute approximate surface area is 164 Å². The van der Waals surface area contributed by atoms with E-state index in [0.717, 1.165) is 15.8 Å². The number of carbonyl (C=O) groups excluding carboxylic acids is 1. The molecule has 4 rings (SSSR count). The van der Waals surface area contributed by atoms with Gasteiger partial charge in [0.15, 0.2) is 3.95 Å². The molecule has 2 aromatic carbocycles. The average molecular weight is 452 g/mol. The molecular formula is C17H8BrClN2O2S2. The number of hydrogen-bond acceptors (Lipinski definition) is 4. The molecule has 0 atom stereocenters. The minimum Gasteiger partial charge on any atom is -0.493 e. The minimum atomic E-state index is -0.391. The second kappa shape index (κ2) is 6.17. The van der Waals surface area contributed by atoms with Crippen LogP contribution >= 0.6 is 51.1 Å². The normalized spacial score (nSPS) is 13.0. The first kappa shape index (κ1) is 16.7. The van der Waals surface area contributed by atoms with E-state index in [1.54, 1.807) is 30.3 Å². The predicted octanol–water partition coefficient (Wildman–Crippen LogP) is 3.75. The van der Waals surface area contributed by atoms with Gasteiger partial charge in [-0.3, -0.25) is 9.36 Å². The van der Waals surface area contributed by atoms with Crippen molar-refractivity contribution in [1.29, 1.82) is 0 Å². The van der Waals surface area contributed by atoms with Crippen LogP contribution < -0.4 is 10.6 Å². The monoisotopic (exact) mass is 450 g/mol. The van der Waals surface area contributed by atoms with Gasteiger partial charge in [-0.25, -0.2) is 4.99 Å². The molecule has 1 amide bonds. The van der Waals surface area contributed by atoms with Gasteiger partial charge in [0.2, 0.25) is 5.88 Å². The Kier molecular flexibility index (Phi) is 4.11. The first-order valence-corrected chi connectivity index (χ1v) is 9.49. The van der Waals surface area contributed by atoms with Crippen LogP contribution in [0.3, 0.4) is 0 Å². The third-order valence-electron chi connectivity index (χ3n) is 3.74. The van der Waals surface area contributed by atoms with Crippen LogP contribution in [-0.4, -0.2) is 15.6 Å². The van der Waals surface area contributed by atoms with Crippen LogP contribution in [0, 0.1) is 3.95 Å². The maximum Gasteiger partial charge on any atom is 0.279 e. The lowest BCUT2D eigenvalue weighted by Crippen LogP contribution is -2.22. The Morgan fingerprint density at radius 3 is 2.80 bits per heavy atom. The van der Waals surface area contributed by atoms with Crippen LogP contribution in [0.15, 0.2) is 51.9 Å². The Balaban J connectivity index is 2.02. The molecule has 0 fully saturated rings. The second-order valence-electron chi connectivity index (χ2n) is 5.29. The molecule has 1 aliphatic rings. The Morgan fingerprint density at radius 1 is 1.24 bits per heavy atom. The van der Waals surface area contributed by atoms with Gasteiger partial charge in [-0.1, -0.05) is 33.6 Å². The highest BCUT2D eigenvalue weighted by molar-refractivity contribution is 9.10. The predicted molar refractivity (Wildman–Crippen MR) is 104 cm³/mol. The van der Waals surface area contributed by atoms with E-state index in [9.17, 15) is 9.90 Å². The first-order valence-electron chi connectivity index (χ1n) is 7.10. The van der Waals surface area contributed by atoms with Crippen molar-refractivity contribution in [1.82, 2.24) is 4.57 Å². The van der Waals surface area contributed by atoms with Crippen LogP contribution in [0.1, 0.15) is 4.88 Å². The minimum absolute atomic E-state index is 0.0938. The van der Waals surface area contributed by atoms with Gasteiger partial charge in [0, 0.05) is 14.7 Å². The zero-order chi connectivity index (χ0) is 17.7. The molecule has 2 heterocycles. The Hall–Kier alpha value is -1.80. The van der Waals surface area contributed by atoms with Crippen LogP contribution in [0.2, 0.25) is 5.02 Å². The van der Waals surface area contributed by atoms with E-state index in [0.29, 0.717) is 35.7 Å². The molecule has 124 valence electrons. The average Bonchev–Trinajstić information content (AvgIpc) is 3.02. The highest BCUT2D eigenvalue weighted by Crippen LogP contribution is 2.35. The fourth-order valence-electron chi connectivity index (χ4n) is 2.68. The molecule has 4 nitrogen and oxygen atoms in total. The number of carbonyl (C=O) groups is 1. The van der Waals surface area contributed by atoms with Gasteiger partial charge in [-0.2, -0.15) is 0 Å². The SMILES string of the molecule is O=C1N=c2ccc(Br)cc2=C1c1sc(=S)n(-c2cccc(Cl)c2)c1O. The van der Waals surface area contributed by atoms with Crippen LogP contribution in [0.4, 0.5) is 0 Å². The van der Waals surface area contributed by atoms with Crippen molar-refractivity contribution in [3.8, 4) is 11.6 Å². The van der Waals surface area contributed by atoms with Gasteiger partial charge < -0.3 is 5.11 Å². The van der Waals surface area contributed by atoms with Crippen molar-refractivity contribution in [3.05, 3.63) is 71.4 Å². The highest BCUT2D eigenvalue weighted by atomic mass is 79.9. The Bertz CT molecular complexity index is 1230.